The maximum absolute atomic E-state index is 12.4. The smallest absolute Gasteiger partial charge is 0.343 e. The monoisotopic (exact) mass is 439 g/mol. The fourth-order valence-electron chi connectivity index (χ4n) is 1.37. The minimum atomic E-state index is -4.25. The van der Waals surface area contributed by atoms with E-state index in [1.807, 2.05) is 0 Å². The molecule has 0 atom stereocenters. The normalized spacial score (nSPS) is 11.0. The maximum atomic E-state index is 12.4. The molecule has 0 aliphatic rings. The number of hydrogen-bond donors (Lipinski definition) is 0. The number of rotatable bonds is 2. The van der Waals surface area contributed by atoms with Gasteiger partial charge in [0, 0.05) is 31.1 Å². The van der Waals surface area contributed by atoms with Gasteiger partial charge in [-0.3, -0.25) is 0 Å². The second-order valence-electron chi connectivity index (χ2n) is 3.31. The Morgan fingerprint density at radius 1 is 1.20 bits per heavy atom. The van der Waals surface area contributed by atoms with Gasteiger partial charge in [-0.1, -0.05) is 18.1 Å². The van der Waals surface area contributed by atoms with Crippen LogP contribution in [0.4, 0.5) is 13.2 Å². The van der Waals surface area contributed by atoms with Crippen molar-refractivity contribution in [1.29, 1.82) is 0 Å². The van der Waals surface area contributed by atoms with Crippen molar-refractivity contribution in [1.82, 2.24) is 0 Å². The molecule has 82 valence electrons. The molecule has 0 radical (unpaired) electrons. The predicted molar refractivity (Wildman–Crippen MR) is 49.9 cm³/mol. The Morgan fingerprint density at radius 2 is 1.80 bits per heavy atom. The topological polar surface area (TPSA) is 0 Å². The van der Waals surface area contributed by atoms with Crippen LogP contribution in [0.1, 0.15) is 23.1 Å². The summed E-state index contributed by atoms with van der Waals surface area (Å²) < 4.78 is 37.1. The third-order valence-electron chi connectivity index (χ3n) is 1.93. The molecule has 0 aliphatic heterocycles. The van der Waals surface area contributed by atoms with E-state index < -0.39 is 11.7 Å². The Hall–Kier alpha value is 0.0619. The molecular weight excluding hydrogens is 427 g/mol. The molecule has 0 N–H and O–H groups in total. The van der Waals surface area contributed by atoms with Crippen molar-refractivity contribution in [2.45, 2.75) is 25.9 Å². The standard InChI is InChI=1S/C11H12F3.U/c1-3-4-9-5-8(2)6-10(7-9)11(12,13)14;/h5-7H,1,3-4H2,2H3;/q-1;. The van der Waals surface area contributed by atoms with Crippen molar-refractivity contribution in [2.75, 3.05) is 0 Å². The molecule has 0 fully saturated rings. The molecular formula is C11H12F3U-. The van der Waals surface area contributed by atoms with Gasteiger partial charge >= 0.3 is 6.18 Å². The molecule has 4 heteroatoms. The SMILES string of the molecule is [CH2-]CCc1cc(C)cc(C(F)(F)F)c1.[U]. The van der Waals surface area contributed by atoms with Gasteiger partial charge in [-0.15, -0.1) is 0 Å². The average molecular weight is 439 g/mol. The molecule has 0 saturated heterocycles. The molecule has 0 aliphatic carbocycles. The van der Waals surface area contributed by atoms with Gasteiger partial charge in [0.05, 0.1) is 5.56 Å². The molecule has 0 unspecified atom stereocenters. The fourth-order valence-corrected chi connectivity index (χ4v) is 1.37. The van der Waals surface area contributed by atoms with Crippen LogP contribution >= 0.6 is 0 Å². The third-order valence-corrected chi connectivity index (χ3v) is 1.93. The van der Waals surface area contributed by atoms with E-state index in [0.29, 0.717) is 24.0 Å². The minimum Gasteiger partial charge on any atom is -0.343 e. The molecule has 0 aromatic heterocycles. The number of alkyl halides is 3. The van der Waals surface area contributed by atoms with Crippen LogP contribution in [0, 0.1) is 45.0 Å². The van der Waals surface area contributed by atoms with E-state index in [2.05, 4.69) is 6.92 Å². The summed E-state index contributed by atoms with van der Waals surface area (Å²) in [6.07, 6.45) is -3.05. The van der Waals surface area contributed by atoms with Crippen molar-refractivity contribution in [3.63, 3.8) is 0 Å². The molecule has 0 amide bonds. The molecule has 1 aromatic rings. The zero-order valence-electron chi connectivity index (χ0n) is 8.49. The minimum absolute atomic E-state index is 0. The van der Waals surface area contributed by atoms with Crippen LogP contribution in [0.25, 0.3) is 0 Å². The molecule has 15 heavy (non-hydrogen) atoms. The molecule has 1 rings (SSSR count). The number of halogens is 3. The number of aryl methyl sites for hydroxylation is 2. The summed E-state index contributed by atoms with van der Waals surface area (Å²) in [7, 11) is 0. The van der Waals surface area contributed by atoms with Gasteiger partial charge in [-0.05, 0) is 24.6 Å². The van der Waals surface area contributed by atoms with Crippen LogP contribution in [0.5, 0.6) is 0 Å². The summed E-state index contributed by atoms with van der Waals surface area (Å²) in [6.45, 7) is 5.29. The summed E-state index contributed by atoms with van der Waals surface area (Å²) in [5.74, 6) is 0. The summed E-state index contributed by atoms with van der Waals surface area (Å²) in [5.41, 5.74) is 0.775. The van der Waals surface area contributed by atoms with E-state index in [0.717, 1.165) is 6.07 Å². The Morgan fingerprint density at radius 3 is 2.27 bits per heavy atom. The van der Waals surface area contributed by atoms with Gasteiger partial charge in [0.2, 0.25) is 0 Å². The first-order valence-corrected chi connectivity index (χ1v) is 4.40. The van der Waals surface area contributed by atoms with Gasteiger partial charge in [-0.25, -0.2) is 0 Å². The first-order valence-electron chi connectivity index (χ1n) is 4.40. The average Bonchev–Trinajstić information content (AvgIpc) is 2.02. The van der Waals surface area contributed by atoms with E-state index in [-0.39, 0.29) is 31.1 Å². The van der Waals surface area contributed by atoms with E-state index >= 15 is 0 Å². The Balaban J connectivity index is 0.00000196. The van der Waals surface area contributed by atoms with Gasteiger partial charge in [0.15, 0.2) is 0 Å². The molecule has 1 aromatic carbocycles. The summed E-state index contributed by atoms with van der Waals surface area (Å²) in [4.78, 5) is 0. The van der Waals surface area contributed by atoms with Gasteiger partial charge in [-0.2, -0.15) is 19.6 Å². The van der Waals surface area contributed by atoms with Crippen molar-refractivity contribution < 1.29 is 44.3 Å². The van der Waals surface area contributed by atoms with E-state index in [4.69, 9.17) is 0 Å². The number of hydrogen-bond acceptors (Lipinski definition) is 0. The predicted octanol–water partition coefficient (Wildman–Crippen LogP) is 3.78. The van der Waals surface area contributed by atoms with Gasteiger partial charge < -0.3 is 6.92 Å². The quantitative estimate of drug-likeness (QED) is 0.616. The first kappa shape index (κ1) is 15.1. The Bertz CT molecular complexity index is 318. The van der Waals surface area contributed by atoms with E-state index in [9.17, 15) is 13.2 Å². The van der Waals surface area contributed by atoms with Crippen molar-refractivity contribution >= 4 is 0 Å². The zero-order chi connectivity index (χ0) is 10.8. The summed E-state index contributed by atoms with van der Waals surface area (Å²) >= 11 is 0. The second-order valence-corrected chi connectivity index (χ2v) is 3.31. The zero-order valence-corrected chi connectivity index (χ0v) is 12.7. The van der Waals surface area contributed by atoms with Crippen LogP contribution in [0.3, 0.4) is 0 Å². The fraction of sp³-hybridized carbons (Fsp3) is 0.364. The second kappa shape index (κ2) is 5.96. The first-order chi connectivity index (χ1) is 6.43. The van der Waals surface area contributed by atoms with Crippen LogP contribution in [-0.4, -0.2) is 0 Å². The largest absolute Gasteiger partial charge is 0.416 e. The van der Waals surface area contributed by atoms with E-state index in [1.54, 1.807) is 13.0 Å². The van der Waals surface area contributed by atoms with Gasteiger partial charge in [0.1, 0.15) is 0 Å². The van der Waals surface area contributed by atoms with Crippen molar-refractivity contribution in [3.8, 4) is 0 Å². The van der Waals surface area contributed by atoms with Gasteiger partial charge in [0.25, 0.3) is 0 Å². The van der Waals surface area contributed by atoms with Crippen LogP contribution in [0.15, 0.2) is 18.2 Å². The number of benzene rings is 1. The molecule has 0 bridgehead atoms. The maximum Gasteiger partial charge on any atom is 0.416 e. The molecule has 0 nitrogen and oxygen atoms in total. The molecule has 0 heterocycles. The Labute approximate surface area is 112 Å². The van der Waals surface area contributed by atoms with Crippen molar-refractivity contribution in [2.24, 2.45) is 0 Å². The van der Waals surface area contributed by atoms with E-state index in [1.165, 1.54) is 6.07 Å². The van der Waals surface area contributed by atoms with Crippen LogP contribution in [-0.2, 0) is 12.6 Å². The van der Waals surface area contributed by atoms with Crippen LogP contribution in [0.2, 0.25) is 0 Å². The Kier molecular flexibility index (Phi) is 5.99. The molecule has 0 spiro atoms. The summed E-state index contributed by atoms with van der Waals surface area (Å²) in [6, 6.07) is 4.12. The van der Waals surface area contributed by atoms with Crippen molar-refractivity contribution in [3.05, 3.63) is 41.8 Å². The van der Waals surface area contributed by atoms with Crippen LogP contribution < -0.4 is 0 Å². The third kappa shape index (κ3) is 4.61. The summed E-state index contributed by atoms with van der Waals surface area (Å²) in [5, 5.41) is 0. The molecule has 0 saturated carbocycles.